The summed E-state index contributed by atoms with van der Waals surface area (Å²) in [4.78, 5) is 12.6. The fraction of sp³-hybridized carbons (Fsp3) is 0.889. The van der Waals surface area contributed by atoms with Crippen LogP contribution in [0.15, 0.2) is 11.8 Å². The molecular formula is C27H52N8O8. The van der Waals surface area contributed by atoms with Crippen LogP contribution in [0, 0.1) is 5.92 Å². The highest BCUT2D eigenvalue weighted by atomic mass is 16.7. The molecule has 1 aliphatic carbocycles. The first-order valence-electron chi connectivity index (χ1n) is 15.2. The van der Waals surface area contributed by atoms with Gasteiger partial charge in [0, 0.05) is 56.8 Å². The van der Waals surface area contributed by atoms with Crippen molar-refractivity contribution in [3.05, 3.63) is 11.8 Å². The lowest BCUT2D eigenvalue weighted by Crippen LogP contribution is -2.69. The van der Waals surface area contributed by atoms with E-state index in [1.807, 2.05) is 6.08 Å². The normalized spacial score (nSPS) is 41.1. The van der Waals surface area contributed by atoms with E-state index in [2.05, 4.69) is 26.6 Å². The van der Waals surface area contributed by atoms with Gasteiger partial charge in [0.1, 0.15) is 35.8 Å². The van der Waals surface area contributed by atoms with E-state index in [0.29, 0.717) is 24.8 Å². The number of amides is 1. The van der Waals surface area contributed by atoms with Gasteiger partial charge in [-0.2, -0.15) is 0 Å². The summed E-state index contributed by atoms with van der Waals surface area (Å²) in [5.41, 5.74) is 17.2. The lowest BCUT2D eigenvalue weighted by molar-refractivity contribution is -0.297. The summed E-state index contributed by atoms with van der Waals surface area (Å²) in [6, 6.07) is -2.29. The molecule has 3 heterocycles. The van der Waals surface area contributed by atoms with Gasteiger partial charge in [-0.05, 0) is 32.9 Å². The Kier molecular flexibility index (Phi) is 12.1. The molecule has 4 aliphatic rings. The first-order chi connectivity index (χ1) is 20.5. The Labute approximate surface area is 252 Å². The molecule has 43 heavy (non-hydrogen) atoms. The molecule has 0 spiro atoms. The summed E-state index contributed by atoms with van der Waals surface area (Å²) in [7, 11) is 1.59. The standard InChI is InChI=1S/C27H52N8O8/c1-27(40)12-41-26(21(38)24(27)31-2)43-23-17(35-25(39)18(36)8-28)7-16(30)19(20(23)37)22-15(29)4-3-14(42-22)11-32-5-6-34-13-9-33-10-13/h3,13,15-24,26,31-34,36-38,40H,4-12,28-30H2,1-2H3,(H,35,39)/t15-,16+,17-,18+,19-,20+,21-,22?,23+,24-,26-,27+/m1/s1. The Bertz CT molecular complexity index is 943. The molecule has 1 unspecified atom stereocenters. The highest BCUT2D eigenvalue weighted by Gasteiger charge is 2.53. The van der Waals surface area contributed by atoms with Crippen molar-refractivity contribution in [3.8, 4) is 0 Å². The first kappa shape index (κ1) is 34.4. The lowest BCUT2D eigenvalue weighted by atomic mass is 9.72. The number of likely N-dealkylation sites (N-methyl/N-ethyl adjacent to an activating group) is 1. The van der Waals surface area contributed by atoms with Gasteiger partial charge in [0.2, 0.25) is 5.91 Å². The summed E-state index contributed by atoms with van der Waals surface area (Å²) in [6.45, 7) is 5.07. The Hall–Kier alpha value is -1.51. The van der Waals surface area contributed by atoms with Gasteiger partial charge in [-0.15, -0.1) is 0 Å². The molecule has 4 rings (SSSR count). The van der Waals surface area contributed by atoms with E-state index in [9.17, 15) is 25.2 Å². The number of carbonyl (C=O) groups is 1. The average Bonchev–Trinajstić information content (AvgIpc) is 2.93. The van der Waals surface area contributed by atoms with E-state index in [1.54, 1.807) is 7.05 Å². The van der Waals surface area contributed by atoms with Gasteiger partial charge in [0.05, 0.1) is 31.3 Å². The second kappa shape index (κ2) is 15.2. The number of nitrogens with two attached hydrogens (primary N) is 3. The topological polar surface area (TPSA) is 264 Å². The van der Waals surface area contributed by atoms with Gasteiger partial charge < -0.3 is 78.4 Å². The summed E-state index contributed by atoms with van der Waals surface area (Å²) < 4.78 is 18.2. The Morgan fingerprint density at radius 1 is 1.23 bits per heavy atom. The smallest absolute Gasteiger partial charge is 0.250 e. The molecule has 0 aromatic heterocycles. The Morgan fingerprint density at radius 2 is 1.98 bits per heavy atom. The molecule has 0 aromatic carbocycles. The predicted molar refractivity (Wildman–Crippen MR) is 156 cm³/mol. The van der Waals surface area contributed by atoms with Gasteiger partial charge in [-0.1, -0.05) is 0 Å². The fourth-order valence-corrected chi connectivity index (χ4v) is 6.35. The van der Waals surface area contributed by atoms with Crippen molar-refractivity contribution < 1.29 is 39.4 Å². The van der Waals surface area contributed by atoms with Crippen molar-refractivity contribution in [2.24, 2.45) is 23.1 Å². The van der Waals surface area contributed by atoms with E-state index in [-0.39, 0.29) is 19.6 Å². The van der Waals surface area contributed by atoms with Crippen LogP contribution in [0.4, 0.5) is 0 Å². The van der Waals surface area contributed by atoms with Gasteiger partial charge in [-0.3, -0.25) is 4.79 Å². The number of carbonyl (C=O) groups excluding carboxylic acids is 1. The van der Waals surface area contributed by atoms with E-state index in [0.717, 1.165) is 26.2 Å². The van der Waals surface area contributed by atoms with Crippen LogP contribution in [0.3, 0.4) is 0 Å². The SMILES string of the molecule is CN[C@@H]1[C@@H](O)[C@@H](O[C@@H]2[C@@H](O)[C@H](C3OC(CNCCNC4CNC4)=CC[C@H]3N)[C@@H](N)C[C@H]2NC(=O)[C@@H](O)CN)OC[C@]1(C)O. The van der Waals surface area contributed by atoms with Gasteiger partial charge in [0.15, 0.2) is 6.29 Å². The number of hydrogen-bond acceptors (Lipinski definition) is 15. The molecule has 1 amide bonds. The number of aliphatic hydroxyl groups is 4. The van der Waals surface area contributed by atoms with Gasteiger partial charge >= 0.3 is 0 Å². The zero-order valence-electron chi connectivity index (χ0n) is 25.0. The molecule has 0 radical (unpaired) electrons. The van der Waals surface area contributed by atoms with Crippen molar-refractivity contribution in [3.63, 3.8) is 0 Å². The van der Waals surface area contributed by atoms with Crippen LogP contribution in [-0.4, -0.2) is 152 Å². The highest BCUT2D eigenvalue weighted by Crippen LogP contribution is 2.36. The number of ether oxygens (including phenoxy) is 3. The maximum absolute atomic E-state index is 12.6. The monoisotopic (exact) mass is 616 g/mol. The molecular weight excluding hydrogens is 564 g/mol. The molecule has 1 saturated carbocycles. The summed E-state index contributed by atoms with van der Waals surface area (Å²) in [6.07, 6.45) is -4.54. The van der Waals surface area contributed by atoms with Crippen LogP contribution in [0.25, 0.3) is 0 Å². The summed E-state index contributed by atoms with van der Waals surface area (Å²) >= 11 is 0. The predicted octanol–water partition coefficient (Wildman–Crippen LogP) is -5.91. The van der Waals surface area contributed by atoms with Crippen molar-refractivity contribution in [1.29, 1.82) is 0 Å². The lowest BCUT2D eigenvalue weighted by Gasteiger charge is -2.50. The minimum atomic E-state index is -1.47. The molecule has 16 heteroatoms. The summed E-state index contributed by atoms with van der Waals surface area (Å²) in [5, 5.41) is 59.0. The molecule has 3 fully saturated rings. The van der Waals surface area contributed by atoms with E-state index in [4.69, 9.17) is 31.4 Å². The van der Waals surface area contributed by atoms with Crippen LogP contribution in [-0.2, 0) is 19.0 Å². The van der Waals surface area contributed by atoms with Crippen molar-refractivity contribution in [2.75, 3.05) is 52.9 Å². The van der Waals surface area contributed by atoms with Gasteiger partial charge in [0.25, 0.3) is 0 Å². The largest absolute Gasteiger partial charge is 0.492 e. The maximum Gasteiger partial charge on any atom is 0.250 e. The zero-order valence-corrected chi connectivity index (χ0v) is 25.0. The third kappa shape index (κ3) is 8.21. The van der Waals surface area contributed by atoms with Crippen molar-refractivity contribution in [1.82, 2.24) is 26.6 Å². The highest BCUT2D eigenvalue weighted by molar-refractivity contribution is 5.81. The quantitative estimate of drug-likeness (QED) is 0.0860. The molecule has 248 valence electrons. The van der Waals surface area contributed by atoms with Crippen LogP contribution in [0.1, 0.15) is 19.8 Å². The maximum atomic E-state index is 12.6. The van der Waals surface area contributed by atoms with Crippen molar-refractivity contribution in [2.45, 2.75) is 92.4 Å². The van der Waals surface area contributed by atoms with E-state index in [1.165, 1.54) is 6.92 Å². The average molecular weight is 617 g/mol. The third-order valence-corrected chi connectivity index (χ3v) is 8.96. The first-order valence-corrected chi connectivity index (χ1v) is 15.2. The molecule has 0 bridgehead atoms. The fourth-order valence-electron chi connectivity index (χ4n) is 6.35. The molecule has 15 N–H and O–H groups in total. The minimum Gasteiger partial charge on any atom is -0.492 e. The number of nitrogens with one attached hydrogen (secondary N) is 5. The minimum absolute atomic E-state index is 0.150. The van der Waals surface area contributed by atoms with Crippen LogP contribution >= 0.6 is 0 Å². The van der Waals surface area contributed by atoms with Crippen LogP contribution in [0.2, 0.25) is 0 Å². The Balaban J connectivity index is 1.46. The molecule has 12 atom stereocenters. The second-order valence-corrected chi connectivity index (χ2v) is 12.4. The second-order valence-electron chi connectivity index (χ2n) is 12.4. The zero-order chi connectivity index (χ0) is 31.3. The van der Waals surface area contributed by atoms with Gasteiger partial charge in [-0.25, -0.2) is 0 Å². The van der Waals surface area contributed by atoms with E-state index < -0.39 is 78.4 Å². The molecule has 3 aliphatic heterocycles. The number of rotatable bonds is 13. The Morgan fingerprint density at radius 3 is 2.63 bits per heavy atom. The third-order valence-electron chi connectivity index (χ3n) is 8.96. The van der Waals surface area contributed by atoms with Crippen LogP contribution < -0.4 is 43.8 Å². The summed E-state index contributed by atoms with van der Waals surface area (Å²) in [5.74, 6) is -0.751. The molecule has 2 saturated heterocycles. The number of aliphatic hydroxyl groups excluding tert-OH is 3. The van der Waals surface area contributed by atoms with Crippen LogP contribution in [0.5, 0.6) is 0 Å². The van der Waals surface area contributed by atoms with E-state index >= 15 is 0 Å². The van der Waals surface area contributed by atoms with Crippen molar-refractivity contribution >= 4 is 5.91 Å². The number of hydrogen-bond donors (Lipinski definition) is 12. The molecule has 16 nitrogen and oxygen atoms in total. The molecule has 0 aromatic rings.